The van der Waals surface area contributed by atoms with Crippen molar-refractivity contribution in [2.75, 3.05) is 13.2 Å². The van der Waals surface area contributed by atoms with Crippen LogP contribution in [0, 0.1) is 5.92 Å². The van der Waals surface area contributed by atoms with E-state index in [1.165, 1.54) is 0 Å². The maximum Gasteiger partial charge on any atom is 0.323 e. The molecular weight excluding hydrogens is 275 g/mol. The van der Waals surface area contributed by atoms with E-state index in [1.54, 1.807) is 13.8 Å². The highest BCUT2D eigenvalue weighted by Gasteiger charge is 2.43. The van der Waals surface area contributed by atoms with Gasteiger partial charge in [0.1, 0.15) is 5.16 Å². The van der Waals surface area contributed by atoms with Crippen molar-refractivity contribution in [2.45, 2.75) is 31.8 Å². The van der Waals surface area contributed by atoms with Gasteiger partial charge >= 0.3 is 5.97 Å². The summed E-state index contributed by atoms with van der Waals surface area (Å²) in [5.41, 5.74) is 1.12. The highest BCUT2D eigenvalue weighted by Crippen LogP contribution is 2.35. The van der Waals surface area contributed by atoms with Crippen LogP contribution in [0.1, 0.15) is 25.8 Å². The van der Waals surface area contributed by atoms with Crippen molar-refractivity contribution in [2.24, 2.45) is 5.92 Å². The van der Waals surface area contributed by atoms with E-state index in [0.717, 1.165) is 12.0 Å². The maximum atomic E-state index is 12.0. The van der Waals surface area contributed by atoms with Gasteiger partial charge in [-0.2, -0.15) is 0 Å². The largest absolute Gasteiger partial charge is 0.465 e. The second-order valence-corrected chi connectivity index (χ2v) is 5.97. The number of hydrogen-bond donors (Lipinski definition) is 1. The Morgan fingerprint density at radius 3 is 2.55 bits per heavy atom. The van der Waals surface area contributed by atoms with Gasteiger partial charge in [0, 0.05) is 12.5 Å². The minimum atomic E-state index is -1.19. The smallest absolute Gasteiger partial charge is 0.323 e. The summed E-state index contributed by atoms with van der Waals surface area (Å²) < 4.78 is 16.4. The van der Waals surface area contributed by atoms with Crippen LogP contribution in [0.3, 0.4) is 0 Å². The molecule has 5 heteroatoms. The molecule has 0 bridgehead atoms. The quantitative estimate of drug-likeness (QED) is 0.592. The van der Waals surface area contributed by atoms with Crippen LogP contribution in [0.25, 0.3) is 0 Å². The molecule has 0 aromatic heterocycles. The molecule has 0 aliphatic heterocycles. The van der Waals surface area contributed by atoms with Crippen LogP contribution in [0.2, 0.25) is 0 Å². The van der Waals surface area contributed by atoms with Crippen LogP contribution in [-0.4, -0.2) is 29.4 Å². The van der Waals surface area contributed by atoms with Gasteiger partial charge in [-0.3, -0.25) is 9.36 Å². The predicted molar refractivity (Wildman–Crippen MR) is 78.0 cm³/mol. The molecule has 1 aromatic carbocycles. The van der Waals surface area contributed by atoms with Crippen molar-refractivity contribution in [1.82, 2.24) is 0 Å². The summed E-state index contributed by atoms with van der Waals surface area (Å²) in [6.07, 6.45) is 1.29. The van der Waals surface area contributed by atoms with Gasteiger partial charge in [-0.05, 0) is 32.3 Å². The molecule has 110 valence electrons. The van der Waals surface area contributed by atoms with E-state index in [1.807, 2.05) is 30.3 Å². The minimum Gasteiger partial charge on any atom is -0.465 e. The molecule has 2 unspecified atom stereocenters. The van der Waals surface area contributed by atoms with Crippen molar-refractivity contribution in [1.29, 1.82) is 0 Å². The molecule has 0 saturated carbocycles. The van der Waals surface area contributed by atoms with Crippen molar-refractivity contribution < 1.29 is 19.2 Å². The Labute approximate surface area is 121 Å². The van der Waals surface area contributed by atoms with Crippen LogP contribution in [0.5, 0.6) is 0 Å². The first-order chi connectivity index (χ1) is 9.58. The van der Waals surface area contributed by atoms with Gasteiger partial charge in [-0.1, -0.05) is 30.3 Å². The summed E-state index contributed by atoms with van der Waals surface area (Å²) in [4.78, 5) is 12.0. The first-order valence-electron chi connectivity index (χ1n) is 6.75. The number of carbonyl (C=O) groups is 1. The van der Waals surface area contributed by atoms with Gasteiger partial charge in [-0.25, -0.2) is 0 Å². The van der Waals surface area contributed by atoms with Crippen LogP contribution in [0.15, 0.2) is 30.3 Å². The number of carbonyl (C=O) groups excluding carboxylic acids is 1. The van der Waals surface area contributed by atoms with Crippen molar-refractivity contribution in [3.63, 3.8) is 0 Å². The zero-order chi connectivity index (χ0) is 15.0. The summed E-state index contributed by atoms with van der Waals surface area (Å²) in [6.45, 7) is 3.32. The molecule has 1 N–H and O–H groups in total. The Morgan fingerprint density at radius 1 is 1.40 bits per heavy atom. The number of benzene rings is 1. The molecule has 0 heterocycles. The molecule has 0 saturated heterocycles. The first kappa shape index (κ1) is 16.8. The highest BCUT2D eigenvalue weighted by molar-refractivity contribution is 7.27. The van der Waals surface area contributed by atoms with E-state index in [2.05, 4.69) is 0 Å². The fourth-order valence-corrected chi connectivity index (χ4v) is 2.59. The molecule has 1 aromatic rings. The number of aliphatic hydroxyl groups is 1. The number of aryl methyl sites for hydroxylation is 1. The lowest BCUT2D eigenvalue weighted by molar-refractivity contribution is -0.148. The van der Waals surface area contributed by atoms with Crippen molar-refractivity contribution in [3.05, 3.63) is 35.9 Å². The zero-order valence-corrected chi connectivity index (χ0v) is 12.8. The average Bonchev–Trinajstić information content (AvgIpc) is 2.48. The third-order valence-corrected chi connectivity index (χ3v) is 4.44. The zero-order valence-electron chi connectivity index (χ0n) is 11.9. The molecule has 0 fully saturated rings. The minimum absolute atomic E-state index is 0.197. The summed E-state index contributed by atoms with van der Waals surface area (Å²) in [5.74, 6) is -0.926. The lowest BCUT2D eigenvalue weighted by atomic mass is 9.88. The van der Waals surface area contributed by atoms with E-state index in [4.69, 9.17) is 4.74 Å². The normalized spacial score (nSPS) is 15.6. The SMILES string of the molecule is CCOC(=O)C(C)(P=O)C(CO)CCc1ccccc1. The highest BCUT2D eigenvalue weighted by atomic mass is 31.1. The second-order valence-electron chi connectivity index (χ2n) is 4.86. The first-order valence-corrected chi connectivity index (χ1v) is 7.56. The fraction of sp³-hybridized carbons (Fsp3) is 0.533. The Balaban J connectivity index is 2.76. The van der Waals surface area contributed by atoms with Crippen LogP contribution >= 0.6 is 8.46 Å². The van der Waals surface area contributed by atoms with E-state index < -0.39 is 17.0 Å². The number of esters is 1. The summed E-state index contributed by atoms with van der Waals surface area (Å²) >= 11 is 0. The molecule has 0 aliphatic rings. The predicted octanol–water partition coefficient (Wildman–Crippen LogP) is 2.84. The Bertz CT molecular complexity index is 435. The number of hydrogen-bond acceptors (Lipinski definition) is 4. The summed E-state index contributed by atoms with van der Waals surface area (Å²) in [6, 6.07) is 9.81. The topological polar surface area (TPSA) is 63.6 Å². The molecular formula is C15H21O4P. The van der Waals surface area contributed by atoms with Gasteiger partial charge in [0.25, 0.3) is 0 Å². The standard InChI is InChI=1S/C15H21O4P/c1-3-19-14(17)15(2,20-18)13(11-16)10-9-12-7-5-4-6-8-12/h4-8,13,16H,3,9-11H2,1-2H3. The second kappa shape index (κ2) is 8.13. The van der Waals surface area contributed by atoms with Crippen molar-refractivity contribution >= 4 is 14.4 Å². The average molecular weight is 296 g/mol. The number of ether oxygens (including phenoxy) is 1. The monoisotopic (exact) mass is 296 g/mol. The molecule has 0 spiro atoms. The maximum absolute atomic E-state index is 12.0. The van der Waals surface area contributed by atoms with Crippen LogP contribution in [-0.2, 0) is 20.5 Å². The molecule has 2 atom stereocenters. The van der Waals surface area contributed by atoms with Gasteiger partial charge < -0.3 is 9.84 Å². The molecule has 20 heavy (non-hydrogen) atoms. The summed E-state index contributed by atoms with van der Waals surface area (Å²) in [5, 5.41) is 8.34. The fourth-order valence-electron chi connectivity index (χ4n) is 2.09. The van der Waals surface area contributed by atoms with Crippen molar-refractivity contribution in [3.8, 4) is 0 Å². The van der Waals surface area contributed by atoms with Gasteiger partial charge in [0.05, 0.1) is 6.61 Å². The Hall–Kier alpha value is -1.25. The van der Waals surface area contributed by atoms with E-state index in [-0.39, 0.29) is 21.7 Å². The molecule has 0 aliphatic carbocycles. The molecule has 1 rings (SSSR count). The molecule has 4 nitrogen and oxygen atoms in total. The number of aliphatic hydroxyl groups excluding tert-OH is 1. The molecule has 0 amide bonds. The van der Waals surface area contributed by atoms with Crippen LogP contribution < -0.4 is 0 Å². The number of rotatable bonds is 8. The van der Waals surface area contributed by atoms with Gasteiger partial charge in [0.15, 0.2) is 8.46 Å². The Morgan fingerprint density at radius 2 is 2.05 bits per heavy atom. The lowest BCUT2D eigenvalue weighted by Crippen LogP contribution is -2.41. The molecule has 0 radical (unpaired) electrons. The third kappa shape index (κ3) is 4.12. The van der Waals surface area contributed by atoms with Gasteiger partial charge in [-0.15, -0.1) is 0 Å². The summed E-state index contributed by atoms with van der Waals surface area (Å²) in [7, 11) is -0.317. The van der Waals surface area contributed by atoms with Gasteiger partial charge in [0.2, 0.25) is 0 Å². The van der Waals surface area contributed by atoms with E-state index in [9.17, 15) is 14.5 Å². The third-order valence-electron chi connectivity index (χ3n) is 3.52. The Kier molecular flexibility index (Phi) is 6.83. The lowest BCUT2D eigenvalue weighted by Gasteiger charge is -2.28. The van der Waals surface area contributed by atoms with E-state index in [0.29, 0.717) is 6.42 Å². The van der Waals surface area contributed by atoms with E-state index >= 15 is 0 Å². The van der Waals surface area contributed by atoms with Crippen LogP contribution in [0.4, 0.5) is 0 Å².